The molecule has 5 nitrogen and oxygen atoms in total. The summed E-state index contributed by atoms with van der Waals surface area (Å²) < 4.78 is 1.28. The highest BCUT2D eigenvalue weighted by Gasteiger charge is 2.17. The Morgan fingerprint density at radius 1 is 0.933 bits per heavy atom. The molecule has 6 heteroatoms. The number of nitrogens with one attached hydrogen (secondary N) is 2. The van der Waals surface area contributed by atoms with Crippen molar-refractivity contribution in [2.24, 2.45) is 0 Å². The molecule has 0 atom stereocenters. The highest BCUT2D eigenvalue weighted by Crippen LogP contribution is 2.25. The Kier molecular flexibility index (Phi) is 6.64. The van der Waals surface area contributed by atoms with Gasteiger partial charge < -0.3 is 15.5 Å². The van der Waals surface area contributed by atoms with Crippen LogP contribution in [0.5, 0.6) is 0 Å². The molecule has 2 aromatic carbocycles. The lowest BCUT2D eigenvalue weighted by Crippen LogP contribution is -2.36. The number of piperidine rings is 1. The fourth-order valence-corrected chi connectivity index (χ4v) is 4.82. The number of benzene rings is 2. The summed E-state index contributed by atoms with van der Waals surface area (Å²) in [6.45, 7) is 2.73. The Bertz CT molecular complexity index is 1010. The number of nitrogens with zero attached hydrogens (tertiary/aromatic N) is 1. The van der Waals surface area contributed by atoms with Crippen LogP contribution in [0.4, 0.5) is 4.79 Å². The minimum Gasteiger partial charge on any atom is -0.339 e. The van der Waals surface area contributed by atoms with Gasteiger partial charge in [-0.3, -0.25) is 4.79 Å². The van der Waals surface area contributed by atoms with Crippen LogP contribution in [0, 0.1) is 0 Å². The molecule has 3 amide bonds. The van der Waals surface area contributed by atoms with Crippen molar-refractivity contribution in [1.29, 1.82) is 0 Å². The molecular weight excluding hydrogens is 394 g/mol. The lowest BCUT2D eigenvalue weighted by atomic mass is 10.1. The largest absolute Gasteiger partial charge is 0.339 e. The molecule has 2 heterocycles. The molecule has 1 aliphatic rings. The molecule has 2 N–H and O–H groups in total. The van der Waals surface area contributed by atoms with Gasteiger partial charge in [-0.15, -0.1) is 11.3 Å². The molecule has 1 aliphatic heterocycles. The fourth-order valence-electron chi connectivity index (χ4n) is 3.83. The molecular formula is C24H27N3O2S. The zero-order valence-electron chi connectivity index (χ0n) is 17.0. The number of fused-ring (bicyclic) bond motifs is 1. The van der Waals surface area contributed by atoms with E-state index in [-0.39, 0.29) is 11.9 Å². The van der Waals surface area contributed by atoms with Gasteiger partial charge in [-0.05, 0) is 65.8 Å². The van der Waals surface area contributed by atoms with E-state index >= 15 is 0 Å². The van der Waals surface area contributed by atoms with Gasteiger partial charge in [-0.1, -0.05) is 30.3 Å². The van der Waals surface area contributed by atoms with Crippen molar-refractivity contribution < 1.29 is 9.59 Å². The number of hydrogen-bond acceptors (Lipinski definition) is 3. The summed E-state index contributed by atoms with van der Waals surface area (Å²) in [5.74, 6) is 0.105. The molecule has 0 aliphatic carbocycles. The van der Waals surface area contributed by atoms with Crippen molar-refractivity contribution in [3.05, 3.63) is 70.6 Å². The topological polar surface area (TPSA) is 61.4 Å². The molecule has 4 rings (SSSR count). The normalized spacial score (nSPS) is 13.9. The molecule has 30 heavy (non-hydrogen) atoms. The molecule has 0 saturated carbocycles. The lowest BCUT2D eigenvalue weighted by Gasteiger charge is -2.26. The lowest BCUT2D eigenvalue weighted by molar-refractivity contribution is 0.0724. The van der Waals surface area contributed by atoms with Crippen molar-refractivity contribution in [3.8, 4) is 0 Å². The van der Waals surface area contributed by atoms with Crippen LogP contribution in [0.1, 0.15) is 40.7 Å². The van der Waals surface area contributed by atoms with Crippen molar-refractivity contribution >= 4 is 33.4 Å². The second-order valence-corrected chi connectivity index (χ2v) is 8.58. The number of hydrogen-bond donors (Lipinski definition) is 2. The van der Waals surface area contributed by atoms with Crippen molar-refractivity contribution in [2.45, 2.75) is 32.2 Å². The SMILES string of the molecule is O=C(NCCc1csc2ccccc12)NCc1ccc(C(=O)N2CCCCC2)cc1. The molecule has 0 bridgehead atoms. The third-order valence-corrected chi connectivity index (χ3v) is 6.55. The van der Waals surface area contributed by atoms with Crippen LogP contribution in [-0.4, -0.2) is 36.5 Å². The summed E-state index contributed by atoms with van der Waals surface area (Å²) in [5, 5.41) is 9.24. The third kappa shape index (κ3) is 5.00. The van der Waals surface area contributed by atoms with Crippen LogP contribution in [0.3, 0.4) is 0 Å². The van der Waals surface area contributed by atoms with E-state index in [1.807, 2.05) is 41.3 Å². The van der Waals surface area contributed by atoms with Gasteiger partial charge in [0.25, 0.3) is 5.91 Å². The third-order valence-electron chi connectivity index (χ3n) is 5.54. The minimum absolute atomic E-state index is 0.105. The Balaban J connectivity index is 1.21. The van der Waals surface area contributed by atoms with Crippen LogP contribution in [0.25, 0.3) is 10.1 Å². The first-order valence-electron chi connectivity index (χ1n) is 10.6. The average molecular weight is 422 g/mol. The highest BCUT2D eigenvalue weighted by atomic mass is 32.1. The van der Waals surface area contributed by atoms with Gasteiger partial charge >= 0.3 is 6.03 Å². The van der Waals surface area contributed by atoms with Crippen LogP contribution < -0.4 is 10.6 Å². The summed E-state index contributed by atoms with van der Waals surface area (Å²) in [6.07, 6.45) is 4.20. The summed E-state index contributed by atoms with van der Waals surface area (Å²) >= 11 is 1.74. The summed E-state index contributed by atoms with van der Waals surface area (Å²) in [4.78, 5) is 26.6. The van der Waals surface area contributed by atoms with Crippen molar-refractivity contribution in [1.82, 2.24) is 15.5 Å². The van der Waals surface area contributed by atoms with E-state index in [2.05, 4.69) is 28.1 Å². The first-order valence-corrected chi connectivity index (χ1v) is 11.4. The number of rotatable bonds is 6. The van der Waals surface area contributed by atoms with Gasteiger partial charge in [-0.2, -0.15) is 0 Å². The maximum absolute atomic E-state index is 12.5. The number of likely N-dealkylation sites (tertiary alicyclic amines) is 1. The predicted octanol–water partition coefficient (Wildman–Crippen LogP) is 4.57. The Morgan fingerprint density at radius 2 is 1.70 bits per heavy atom. The molecule has 0 spiro atoms. The number of amides is 3. The smallest absolute Gasteiger partial charge is 0.315 e. The number of carbonyl (C=O) groups is 2. The molecule has 0 unspecified atom stereocenters. The highest BCUT2D eigenvalue weighted by molar-refractivity contribution is 7.17. The van der Waals surface area contributed by atoms with Gasteiger partial charge in [-0.25, -0.2) is 4.79 Å². The number of thiophene rings is 1. The quantitative estimate of drug-likeness (QED) is 0.612. The monoisotopic (exact) mass is 421 g/mol. The zero-order chi connectivity index (χ0) is 20.8. The average Bonchev–Trinajstić information content (AvgIpc) is 3.21. The zero-order valence-corrected chi connectivity index (χ0v) is 17.8. The Hall–Kier alpha value is -2.86. The fraction of sp³-hybridized carbons (Fsp3) is 0.333. The Labute approximate surface area is 181 Å². The van der Waals surface area contributed by atoms with Gasteiger partial charge in [0.05, 0.1) is 0 Å². The predicted molar refractivity (Wildman–Crippen MR) is 122 cm³/mol. The second-order valence-electron chi connectivity index (χ2n) is 7.67. The standard InChI is InChI=1S/C24H27N3O2S/c28-23(27-14-4-1-5-15-27)19-10-8-18(9-11-19)16-26-24(29)25-13-12-20-17-30-22-7-3-2-6-21(20)22/h2-3,6-11,17H,1,4-5,12-16H2,(H2,25,26,29). The summed E-state index contributed by atoms with van der Waals surface area (Å²) in [6, 6.07) is 15.7. The number of urea groups is 1. The minimum atomic E-state index is -0.178. The van der Waals surface area contributed by atoms with E-state index in [1.54, 1.807) is 11.3 Å². The van der Waals surface area contributed by atoms with Crippen LogP contribution >= 0.6 is 11.3 Å². The van der Waals surface area contributed by atoms with Crippen LogP contribution in [-0.2, 0) is 13.0 Å². The van der Waals surface area contributed by atoms with E-state index in [9.17, 15) is 9.59 Å². The van der Waals surface area contributed by atoms with Gasteiger partial charge in [0, 0.05) is 36.4 Å². The van der Waals surface area contributed by atoms with E-state index in [4.69, 9.17) is 0 Å². The van der Waals surface area contributed by atoms with Crippen LogP contribution in [0.2, 0.25) is 0 Å². The van der Waals surface area contributed by atoms with E-state index in [0.717, 1.165) is 37.9 Å². The maximum atomic E-state index is 12.5. The van der Waals surface area contributed by atoms with Crippen molar-refractivity contribution in [2.75, 3.05) is 19.6 Å². The first kappa shape index (κ1) is 20.4. The van der Waals surface area contributed by atoms with E-state index in [1.165, 1.54) is 22.1 Å². The number of carbonyl (C=O) groups excluding carboxylic acids is 2. The van der Waals surface area contributed by atoms with E-state index < -0.39 is 0 Å². The molecule has 1 saturated heterocycles. The van der Waals surface area contributed by atoms with E-state index in [0.29, 0.717) is 18.7 Å². The second kappa shape index (κ2) is 9.76. The summed E-state index contributed by atoms with van der Waals surface area (Å²) in [5.41, 5.74) is 2.96. The van der Waals surface area contributed by atoms with Gasteiger partial charge in [0.15, 0.2) is 0 Å². The first-order chi connectivity index (χ1) is 14.7. The Morgan fingerprint density at radius 3 is 2.50 bits per heavy atom. The van der Waals surface area contributed by atoms with Crippen molar-refractivity contribution in [3.63, 3.8) is 0 Å². The molecule has 0 radical (unpaired) electrons. The summed E-state index contributed by atoms with van der Waals surface area (Å²) in [7, 11) is 0. The molecule has 156 valence electrons. The molecule has 1 fully saturated rings. The van der Waals surface area contributed by atoms with Crippen LogP contribution in [0.15, 0.2) is 53.9 Å². The molecule has 3 aromatic rings. The molecule has 1 aromatic heterocycles. The van der Waals surface area contributed by atoms with Gasteiger partial charge in [0.2, 0.25) is 0 Å². The maximum Gasteiger partial charge on any atom is 0.315 e. The van der Waals surface area contributed by atoms with Gasteiger partial charge in [0.1, 0.15) is 0 Å².